The van der Waals surface area contributed by atoms with Gasteiger partial charge in [-0.1, -0.05) is 12.1 Å². The minimum absolute atomic E-state index is 0. The van der Waals surface area contributed by atoms with Gasteiger partial charge in [-0.25, -0.2) is 6.07 Å². The summed E-state index contributed by atoms with van der Waals surface area (Å²) in [5.74, 6) is 1.15. The van der Waals surface area contributed by atoms with Gasteiger partial charge in [0.25, 0.3) is 0 Å². The Morgan fingerprint density at radius 2 is 0.986 bits per heavy atom. The molecule has 0 saturated carbocycles. The SMILES string of the molecule is CN1[CH-]N(c2[c-]c(Oc3[c-]c(-c4[c-]cccn4)ncc3)ccc2)c2ccccc21.Cc1cc2c(cc1C)N(c1[c-]cccc1)[CH-]N2CCCCN1[CH-]N(c2[c-]cccc2)c2cc(C)c(C)cc21.[Ir].[Pt]. The van der Waals surface area contributed by atoms with E-state index in [4.69, 9.17) is 4.74 Å². The van der Waals surface area contributed by atoms with Gasteiger partial charge in [-0.2, -0.15) is 98.9 Å². The van der Waals surface area contributed by atoms with Gasteiger partial charge in [-0.05, 0) is 132 Å². The number of nitrogens with zero attached hydrogens (tertiary/aromatic N) is 8. The van der Waals surface area contributed by atoms with Gasteiger partial charge in [0, 0.05) is 86.8 Å². The number of aromatic nitrogens is 2. The number of aryl methyl sites for hydroxylation is 4. The maximum absolute atomic E-state index is 6.01. The minimum atomic E-state index is 0. The Bertz CT molecular complexity index is 2890. The molecule has 2 aromatic heterocycles. The van der Waals surface area contributed by atoms with Crippen LogP contribution in [0.25, 0.3) is 11.4 Å². The Kier molecular flexibility index (Phi) is 15.5. The molecule has 0 N–H and O–H groups in total. The molecule has 0 bridgehead atoms. The van der Waals surface area contributed by atoms with E-state index >= 15 is 0 Å². The van der Waals surface area contributed by atoms with E-state index in [-0.39, 0.29) is 41.2 Å². The summed E-state index contributed by atoms with van der Waals surface area (Å²) in [6, 6.07) is 61.4. The van der Waals surface area contributed by atoms with Crippen LogP contribution in [0.3, 0.4) is 0 Å². The van der Waals surface area contributed by atoms with Crippen LogP contribution in [-0.4, -0.2) is 30.1 Å². The number of para-hydroxylation sites is 4. The van der Waals surface area contributed by atoms with Gasteiger partial charge in [0.1, 0.15) is 0 Å². The van der Waals surface area contributed by atoms with Crippen molar-refractivity contribution in [1.82, 2.24) is 9.97 Å². The minimum Gasteiger partial charge on any atom is -0.510 e. The number of hydrogen-bond acceptors (Lipinski definition) is 9. The van der Waals surface area contributed by atoms with Crippen LogP contribution in [0.15, 0.2) is 146 Å². The molecule has 5 heterocycles. The molecule has 3 aliphatic rings. The van der Waals surface area contributed by atoms with Crippen molar-refractivity contribution in [2.45, 2.75) is 40.5 Å². The topological polar surface area (TPSA) is 54.5 Å². The second-order valence-electron chi connectivity index (χ2n) is 16.9. The molecule has 0 fully saturated rings. The van der Waals surface area contributed by atoms with E-state index in [2.05, 4.69) is 171 Å². The predicted octanol–water partition coefficient (Wildman–Crippen LogP) is 13.2. The van der Waals surface area contributed by atoms with Crippen molar-refractivity contribution >= 4 is 51.2 Å². The molecule has 11 rings (SSSR count). The molecule has 0 saturated heterocycles. The molecule has 1 radical (unpaired) electrons. The number of ether oxygens (including phenoxy) is 1. The predicted molar refractivity (Wildman–Crippen MR) is 271 cm³/mol. The number of pyridine rings is 2. The van der Waals surface area contributed by atoms with Crippen molar-refractivity contribution in [2.75, 3.05) is 49.5 Å². The third-order valence-corrected chi connectivity index (χ3v) is 12.3. The fraction of sp³-hybridized carbons (Fsp3) is 0.155. The summed E-state index contributed by atoms with van der Waals surface area (Å²) in [5.41, 5.74) is 16.8. The van der Waals surface area contributed by atoms with Gasteiger partial charge in [0.05, 0.1) is 0 Å². The molecule has 0 atom stereocenters. The zero-order valence-electron chi connectivity index (χ0n) is 39.1. The summed E-state index contributed by atoms with van der Waals surface area (Å²) >= 11 is 0. The summed E-state index contributed by atoms with van der Waals surface area (Å²) in [6.45, 7) is 17.2. The fourth-order valence-corrected chi connectivity index (χ4v) is 8.53. The quantitative estimate of drug-likeness (QED) is 0.0931. The van der Waals surface area contributed by atoms with Crippen molar-refractivity contribution in [3.63, 3.8) is 0 Å². The van der Waals surface area contributed by atoms with Crippen molar-refractivity contribution in [3.8, 4) is 22.9 Å². The van der Waals surface area contributed by atoms with Crippen molar-refractivity contribution in [1.29, 1.82) is 0 Å². The first kappa shape index (κ1) is 49.0. The van der Waals surface area contributed by atoms with Gasteiger partial charge in [-0.3, -0.25) is 0 Å². The van der Waals surface area contributed by atoms with E-state index in [1.165, 1.54) is 45.0 Å². The van der Waals surface area contributed by atoms with Gasteiger partial charge in [0.15, 0.2) is 0 Å². The van der Waals surface area contributed by atoms with Crippen LogP contribution in [0.4, 0.5) is 51.2 Å². The number of unbranched alkanes of at least 4 members (excludes halogenated alkanes) is 1. The monoisotopic (exact) mass is 1260 g/mol. The maximum Gasteiger partial charge on any atom is 0.0329 e. The summed E-state index contributed by atoms with van der Waals surface area (Å²) in [4.78, 5) is 22.1. The number of fused-ring (bicyclic) bond motifs is 3. The second kappa shape index (κ2) is 21.9. The Morgan fingerprint density at radius 1 is 0.478 bits per heavy atom. The first-order valence-corrected chi connectivity index (χ1v) is 22.6. The average Bonchev–Trinajstić information content (AvgIpc) is 4.02. The zero-order valence-corrected chi connectivity index (χ0v) is 43.7. The maximum atomic E-state index is 6.01. The van der Waals surface area contributed by atoms with Gasteiger partial charge in [-0.15, -0.1) is 58.8 Å². The third-order valence-electron chi connectivity index (χ3n) is 12.3. The fourth-order valence-electron chi connectivity index (χ4n) is 8.53. The largest absolute Gasteiger partial charge is 0.510 e. The molecular weight excluding hydrogens is 1210 g/mol. The molecule has 11 heteroatoms. The van der Waals surface area contributed by atoms with Crippen molar-refractivity contribution < 1.29 is 45.9 Å². The normalized spacial score (nSPS) is 13.2. The summed E-state index contributed by atoms with van der Waals surface area (Å²) in [5, 5.41) is 0. The first-order valence-electron chi connectivity index (χ1n) is 22.6. The van der Waals surface area contributed by atoms with E-state index < -0.39 is 0 Å². The van der Waals surface area contributed by atoms with E-state index in [9.17, 15) is 0 Å². The van der Waals surface area contributed by atoms with Crippen LogP contribution in [0.1, 0.15) is 35.1 Å². The van der Waals surface area contributed by atoms with Crippen LogP contribution < -0.4 is 34.1 Å². The molecule has 0 spiro atoms. The van der Waals surface area contributed by atoms with E-state index in [0.717, 1.165) is 54.4 Å². The third kappa shape index (κ3) is 10.6. The van der Waals surface area contributed by atoms with Crippen LogP contribution in [0.5, 0.6) is 11.5 Å². The van der Waals surface area contributed by atoms with Gasteiger partial charge < -0.3 is 44.1 Å². The summed E-state index contributed by atoms with van der Waals surface area (Å²) in [6.07, 6.45) is 5.56. The molecule has 3 aliphatic heterocycles. The number of benzene rings is 6. The van der Waals surface area contributed by atoms with Gasteiger partial charge in [0.2, 0.25) is 0 Å². The molecule has 8 aromatic rings. The number of anilines is 9. The van der Waals surface area contributed by atoms with Crippen LogP contribution in [-0.2, 0) is 41.2 Å². The smallest absolute Gasteiger partial charge is 0.0329 e. The van der Waals surface area contributed by atoms with Crippen LogP contribution >= 0.6 is 0 Å². The summed E-state index contributed by atoms with van der Waals surface area (Å²) in [7, 11) is 2.03. The first-order chi connectivity index (χ1) is 32.8. The van der Waals surface area contributed by atoms with Gasteiger partial charge >= 0.3 is 0 Å². The van der Waals surface area contributed by atoms with E-state index in [0.29, 0.717) is 22.9 Å². The Labute approximate surface area is 435 Å². The molecule has 0 amide bonds. The van der Waals surface area contributed by atoms with Crippen LogP contribution in [0, 0.1) is 78.0 Å². The molecule has 9 nitrogen and oxygen atoms in total. The van der Waals surface area contributed by atoms with Crippen LogP contribution in [0.2, 0.25) is 0 Å². The van der Waals surface area contributed by atoms with Crippen molar-refractivity contribution in [3.05, 3.63) is 218 Å². The molecular formula is C58H50IrN8OPt-8. The average molecular weight is 1260 g/mol. The standard InChI is InChI=1S/C34H34N4.C24H16N4O.Ir.Pt/c1-25-19-31-33(21-27(25)3)37(29-13-7-5-8-14-29)23-35(31)17-11-12-18-36-24-38(30-15-9-6-10-16-30)34-22-28(4)26(2)20-32(34)36;1-27-17-28(24-11-3-2-10-23(24)27)18-7-6-8-19(15-18)29-20-12-14-26-22(16-20)21-9-4-5-13-25-21;;/h5-10,13,15,19-24H,11-12,17-18H2,1-4H3;2-8,10-14,17H,1H3;;/q2*-4;;. The van der Waals surface area contributed by atoms with Crippen molar-refractivity contribution in [2.24, 2.45) is 0 Å². The molecule has 69 heavy (non-hydrogen) atoms. The Morgan fingerprint density at radius 3 is 1.55 bits per heavy atom. The molecule has 6 aromatic carbocycles. The molecule has 0 aliphatic carbocycles. The summed E-state index contributed by atoms with van der Waals surface area (Å²) < 4.78 is 6.01. The molecule has 355 valence electrons. The number of rotatable bonds is 11. The Balaban J connectivity index is 0.000000187. The Hall–Kier alpha value is -6.44. The number of hydrogen-bond donors (Lipinski definition) is 0. The molecule has 0 unspecified atom stereocenters. The second-order valence-corrected chi connectivity index (χ2v) is 16.9. The van der Waals surface area contributed by atoms with E-state index in [1.54, 1.807) is 24.5 Å². The van der Waals surface area contributed by atoms with E-state index in [1.807, 2.05) is 74.4 Å². The zero-order chi connectivity index (χ0) is 45.9.